The van der Waals surface area contributed by atoms with Crippen LogP contribution in [0, 0.1) is 19.7 Å². The van der Waals surface area contributed by atoms with Gasteiger partial charge in [0.2, 0.25) is 0 Å². The number of benzene rings is 2. The molecule has 0 atom stereocenters. The molecule has 4 heteroatoms. The maximum Gasteiger partial charge on any atom is 0.310 e. The number of aryl methyl sites for hydroxylation is 2. The van der Waals surface area contributed by atoms with E-state index in [1.165, 1.54) is 6.07 Å². The van der Waals surface area contributed by atoms with Crippen molar-refractivity contribution in [2.75, 3.05) is 0 Å². The number of para-hydroxylation sites is 1. The van der Waals surface area contributed by atoms with Crippen molar-refractivity contribution in [2.24, 2.45) is 0 Å². The van der Waals surface area contributed by atoms with Crippen LogP contribution in [0.3, 0.4) is 0 Å². The molecule has 0 fully saturated rings. The minimum Gasteiger partial charge on any atom is -0.486 e. The molecule has 0 N–H and O–H groups in total. The maximum atomic E-state index is 13.9. The molecule has 0 aliphatic carbocycles. The molecule has 0 saturated carbocycles. The van der Waals surface area contributed by atoms with Crippen LogP contribution in [0.2, 0.25) is 0 Å². The van der Waals surface area contributed by atoms with Crippen molar-refractivity contribution in [3.8, 4) is 11.5 Å². The van der Waals surface area contributed by atoms with Crippen LogP contribution in [-0.4, -0.2) is 5.97 Å². The molecule has 0 amide bonds. The van der Waals surface area contributed by atoms with Gasteiger partial charge in [0.05, 0.1) is 0 Å². The molecule has 0 radical (unpaired) electrons. The lowest BCUT2D eigenvalue weighted by Gasteiger charge is -2.12. The van der Waals surface area contributed by atoms with Crippen molar-refractivity contribution < 1.29 is 18.7 Å². The van der Waals surface area contributed by atoms with Crippen molar-refractivity contribution in [2.45, 2.75) is 33.8 Å². The molecule has 22 heavy (non-hydrogen) atoms. The summed E-state index contributed by atoms with van der Waals surface area (Å²) in [4.78, 5) is 11.4. The zero-order chi connectivity index (χ0) is 16.1. The van der Waals surface area contributed by atoms with Crippen LogP contribution in [-0.2, 0) is 11.4 Å². The first-order valence-electron chi connectivity index (χ1n) is 7.19. The largest absolute Gasteiger partial charge is 0.486 e. The molecule has 0 heterocycles. The number of carbonyl (C=O) groups excluding carboxylic acids is 1. The van der Waals surface area contributed by atoms with Gasteiger partial charge in [0, 0.05) is 12.0 Å². The van der Waals surface area contributed by atoms with Crippen LogP contribution in [0.4, 0.5) is 4.39 Å². The van der Waals surface area contributed by atoms with E-state index in [1.807, 2.05) is 19.9 Å². The van der Waals surface area contributed by atoms with Crippen LogP contribution >= 0.6 is 0 Å². The van der Waals surface area contributed by atoms with Crippen LogP contribution in [0.1, 0.15) is 30.0 Å². The standard InChI is InChI=1S/C18H19FO3/c1-4-18(20)22-16-8-6-5-7-14(16)11-21-17-10-13(3)12(2)9-15(17)19/h5-10H,4,11H2,1-3H3. The van der Waals surface area contributed by atoms with Gasteiger partial charge in [0.25, 0.3) is 0 Å². The van der Waals surface area contributed by atoms with E-state index < -0.39 is 5.82 Å². The zero-order valence-electron chi connectivity index (χ0n) is 13.0. The van der Waals surface area contributed by atoms with Crippen molar-refractivity contribution in [1.29, 1.82) is 0 Å². The van der Waals surface area contributed by atoms with Gasteiger partial charge in [-0.2, -0.15) is 0 Å². The highest BCUT2D eigenvalue weighted by molar-refractivity contribution is 5.72. The van der Waals surface area contributed by atoms with Crippen molar-refractivity contribution in [3.05, 3.63) is 58.9 Å². The normalized spacial score (nSPS) is 10.4. The third-order valence-electron chi connectivity index (χ3n) is 3.42. The zero-order valence-corrected chi connectivity index (χ0v) is 13.0. The van der Waals surface area contributed by atoms with E-state index in [1.54, 1.807) is 31.2 Å². The first-order valence-corrected chi connectivity index (χ1v) is 7.19. The summed E-state index contributed by atoms with van der Waals surface area (Å²) < 4.78 is 24.7. The number of carbonyl (C=O) groups is 1. The van der Waals surface area contributed by atoms with E-state index >= 15 is 0 Å². The Morgan fingerprint density at radius 2 is 1.77 bits per heavy atom. The minimum atomic E-state index is -0.397. The molecule has 0 unspecified atom stereocenters. The molecule has 0 spiro atoms. The van der Waals surface area contributed by atoms with E-state index in [4.69, 9.17) is 9.47 Å². The predicted molar refractivity (Wildman–Crippen MR) is 82.6 cm³/mol. The SMILES string of the molecule is CCC(=O)Oc1ccccc1COc1cc(C)c(C)cc1F. The van der Waals surface area contributed by atoms with E-state index in [0.717, 1.165) is 11.1 Å². The fraction of sp³-hybridized carbons (Fsp3) is 0.278. The van der Waals surface area contributed by atoms with Crippen molar-refractivity contribution in [3.63, 3.8) is 0 Å². The summed E-state index contributed by atoms with van der Waals surface area (Å²) in [5, 5.41) is 0. The van der Waals surface area contributed by atoms with Crippen LogP contribution < -0.4 is 9.47 Å². The average Bonchev–Trinajstić information content (AvgIpc) is 2.50. The van der Waals surface area contributed by atoms with E-state index in [0.29, 0.717) is 17.7 Å². The molecule has 0 aromatic heterocycles. The van der Waals surface area contributed by atoms with E-state index in [2.05, 4.69) is 0 Å². The Labute approximate surface area is 129 Å². The van der Waals surface area contributed by atoms with Gasteiger partial charge < -0.3 is 9.47 Å². The van der Waals surface area contributed by atoms with Crippen LogP contribution in [0.25, 0.3) is 0 Å². The number of rotatable bonds is 5. The van der Waals surface area contributed by atoms with E-state index in [9.17, 15) is 9.18 Å². The Bertz CT molecular complexity index is 680. The van der Waals surface area contributed by atoms with Gasteiger partial charge in [-0.25, -0.2) is 4.39 Å². The lowest BCUT2D eigenvalue weighted by Crippen LogP contribution is -2.08. The maximum absolute atomic E-state index is 13.9. The summed E-state index contributed by atoms with van der Waals surface area (Å²) in [5.41, 5.74) is 2.53. The van der Waals surface area contributed by atoms with Gasteiger partial charge in [0.15, 0.2) is 11.6 Å². The minimum absolute atomic E-state index is 0.132. The Balaban J connectivity index is 2.15. The van der Waals surface area contributed by atoms with E-state index in [-0.39, 0.29) is 18.3 Å². The highest BCUT2D eigenvalue weighted by Crippen LogP contribution is 2.25. The number of hydrogen-bond acceptors (Lipinski definition) is 3. The van der Waals surface area contributed by atoms with Gasteiger partial charge in [-0.05, 0) is 43.2 Å². The second-order valence-electron chi connectivity index (χ2n) is 5.09. The lowest BCUT2D eigenvalue weighted by atomic mass is 10.1. The molecular formula is C18H19FO3. The summed E-state index contributed by atoms with van der Waals surface area (Å²) in [7, 11) is 0. The summed E-state index contributed by atoms with van der Waals surface area (Å²) in [6, 6.07) is 10.2. The van der Waals surface area contributed by atoms with Crippen LogP contribution in [0.5, 0.6) is 11.5 Å². The molecule has 0 saturated heterocycles. The molecule has 2 aromatic carbocycles. The third-order valence-corrected chi connectivity index (χ3v) is 3.42. The predicted octanol–water partition coefficient (Wildman–Crippen LogP) is 4.34. The average molecular weight is 302 g/mol. The second kappa shape index (κ2) is 7.07. The first kappa shape index (κ1) is 16.0. The Morgan fingerprint density at radius 3 is 2.50 bits per heavy atom. The van der Waals surface area contributed by atoms with Gasteiger partial charge in [-0.15, -0.1) is 0 Å². The van der Waals surface area contributed by atoms with Crippen molar-refractivity contribution in [1.82, 2.24) is 0 Å². The smallest absolute Gasteiger partial charge is 0.310 e. The van der Waals surface area contributed by atoms with Gasteiger partial charge in [-0.1, -0.05) is 25.1 Å². The summed E-state index contributed by atoms with van der Waals surface area (Å²) in [6.45, 7) is 5.61. The summed E-state index contributed by atoms with van der Waals surface area (Å²) in [5.74, 6) is -0.0748. The van der Waals surface area contributed by atoms with Gasteiger partial charge >= 0.3 is 5.97 Å². The Kier molecular flexibility index (Phi) is 5.15. The topological polar surface area (TPSA) is 35.5 Å². The molecule has 0 aliphatic heterocycles. The monoisotopic (exact) mass is 302 g/mol. The third kappa shape index (κ3) is 3.85. The fourth-order valence-electron chi connectivity index (χ4n) is 1.94. The Morgan fingerprint density at radius 1 is 1.09 bits per heavy atom. The molecule has 2 rings (SSSR count). The summed E-state index contributed by atoms with van der Waals surface area (Å²) >= 11 is 0. The first-order chi connectivity index (χ1) is 10.5. The second-order valence-corrected chi connectivity index (χ2v) is 5.09. The molecule has 0 bridgehead atoms. The highest BCUT2D eigenvalue weighted by Gasteiger charge is 2.10. The quantitative estimate of drug-likeness (QED) is 0.609. The highest BCUT2D eigenvalue weighted by atomic mass is 19.1. The van der Waals surface area contributed by atoms with Gasteiger partial charge in [0.1, 0.15) is 12.4 Å². The number of ether oxygens (including phenoxy) is 2. The van der Waals surface area contributed by atoms with Gasteiger partial charge in [-0.3, -0.25) is 4.79 Å². The molecule has 0 aliphatic rings. The molecular weight excluding hydrogens is 283 g/mol. The van der Waals surface area contributed by atoms with Crippen molar-refractivity contribution >= 4 is 5.97 Å². The number of hydrogen-bond donors (Lipinski definition) is 0. The Hall–Kier alpha value is -2.36. The van der Waals surface area contributed by atoms with Crippen LogP contribution in [0.15, 0.2) is 36.4 Å². The lowest BCUT2D eigenvalue weighted by molar-refractivity contribution is -0.134. The summed E-state index contributed by atoms with van der Waals surface area (Å²) in [6.07, 6.45) is 0.293. The number of esters is 1. The molecule has 2 aromatic rings. The number of halogens is 1. The molecule has 116 valence electrons. The fourth-order valence-corrected chi connectivity index (χ4v) is 1.94. The molecule has 3 nitrogen and oxygen atoms in total.